The van der Waals surface area contributed by atoms with Crippen LogP contribution in [0, 0.1) is 22.9 Å². The highest BCUT2D eigenvalue weighted by Gasteiger charge is 2.35. The van der Waals surface area contributed by atoms with Crippen LogP contribution in [0.4, 0.5) is 13.2 Å². The van der Waals surface area contributed by atoms with Gasteiger partial charge in [-0.3, -0.25) is 14.5 Å². The molecule has 0 bridgehead atoms. The van der Waals surface area contributed by atoms with Crippen molar-refractivity contribution in [1.82, 2.24) is 35.1 Å². The van der Waals surface area contributed by atoms with Crippen LogP contribution in [-0.4, -0.2) is 55.9 Å². The van der Waals surface area contributed by atoms with E-state index in [-0.39, 0.29) is 29.5 Å². The van der Waals surface area contributed by atoms with Gasteiger partial charge in [0.05, 0.1) is 11.3 Å². The summed E-state index contributed by atoms with van der Waals surface area (Å²) in [6.07, 6.45) is 5.45. The molecule has 2 aromatic heterocycles. The molecule has 1 aromatic carbocycles. The standard InChI is InChI=1S/C26H30F3N7O2/c1-26(2,3)22(25(38)30-4)34-24(37)21-20-13-35(12-15-10-31-14-32-11-15)6-5-7-36(20)23(33-21)16-8-18(28)19(29)9-17(16)27/h8-11,14,22H,5-7,12-13H2,1-4H3,(H,30,38)(H,34,37). The molecule has 3 heterocycles. The maximum Gasteiger partial charge on any atom is 0.272 e. The number of carbonyl (C=O) groups excluding carboxylic acids is 2. The summed E-state index contributed by atoms with van der Waals surface area (Å²) >= 11 is 0. The average Bonchev–Trinajstić information content (AvgIpc) is 3.08. The fraction of sp³-hybridized carbons (Fsp3) is 0.423. The molecule has 0 saturated carbocycles. The molecule has 2 N–H and O–H groups in total. The average molecular weight is 530 g/mol. The number of halogens is 3. The number of fused-ring (bicyclic) bond motifs is 1. The zero-order valence-corrected chi connectivity index (χ0v) is 21.7. The predicted octanol–water partition coefficient (Wildman–Crippen LogP) is 3.05. The number of amides is 2. The lowest BCUT2D eigenvalue weighted by Gasteiger charge is -2.29. The molecule has 0 fully saturated rings. The first-order valence-electron chi connectivity index (χ1n) is 12.2. The van der Waals surface area contributed by atoms with Crippen molar-refractivity contribution in [3.05, 3.63) is 65.3 Å². The lowest BCUT2D eigenvalue weighted by Crippen LogP contribution is -2.53. The molecule has 9 nitrogen and oxygen atoms in total. The van der Waals surface area contributed by atoms with Gasteiger partial charge in [0.15, 0.2) is 17.3 Å². The first-order chi connectivity index (χ1) is 18.0. The first-order valence-corrected chi connectivity index (χ1v) is 12.2. The molecule has 0 radical (unpaired) electrons. The quantitative estimate of drug-likeness (QED) is 0.476. The van der Waals surface area contributed by atoms with Crippen LogP contribution >= 0.6 is 0 Å². The highest BCUT2D eigenvalue weighted by molar-refractivity contribution is 5.97. The SMILES string of the molecule is CNC(=O)C(NC(=O)c1nc(-c2cc(F)c(F)cc2F)n2c1CN(Cc1cncnc1)CCC2)C(C)(C)C. The van der Waals surface area contributed by atoms with Gasteiger partial charge >= 0.3 is 0 Å². The van der Waals surface area contributed by atoms with Crippen molar-refractivity contribution in [2.45, 2.75) is 52.9 Å². The van der Waals surface area contributed by atoms with Gasteiger partial charge in [-0.15, -0.1) is 0 Å². The fourth-order valence-corrected chi connectivity index (χ4v) is 4.54. The van der Waals surface area contributed by atoms with Crippen molar-refractivity contribution in [2.24, 2.45) is 5.41 Å². The van der Waals surface area contributed by atoms with Crippen molar-refractivity contribution in [3.8, 4) is 11.4 Å². The Bertz CT molecular complexity index is 1340. The molecular formula is C26H30F3N7O2. The zero-order chi connectivity index (χ0) is 27.6. The largest absolute Gasteiger partial charge is 0.357 e. The number of nitrogens with one attached hydrogen (secondary N) is 2. The van der Waals surface area contributed by atoms with E-state index in [0.29, 0.717) is 37.8 Å². The van der Waals surface area contributed by atoms with Crippen LogP contribution in [0.15, 0.2) is 30.9 Å². The summed E-state index contributed by atoms with van der Waals surface area (Å²) in [5.41, 5.74) is 0.443. The summed E-state index contributed by atoms with van der Waals surface area (Å²) in [4.78, 5) is 40.8. The molecule has 1 unspecified atom stereocenters. The topological polar surface area (TPSA) is 105 Å². The first kappa shape index (κ1) is 27.2. The van der Waals surface area contributed by atoms with Crippen LogP contribution in [-0.2, 0) is 24.4 Å². The van der Waals surface area contributed by atoms with E-state index < -0.39 is 34.8 Å². The molecule has 0 spiro atoms. The summed E-state index contributed by atoms with van der Waals surface area (Å²) < 4.78 is 44.3. The molecule has 1 atom stereocenters. The fourth-order valence-electron chi connectivity index (χ4n) is 4.54. The van der Waals surface area contributed by atoms with Gasteiger partial charge in [0.1, 0.15) is 24.0 Å². The van der Waals surface area contributed by atoms with E-state index in [1.165, 1.54) is 13.4 Å². The number of benzene rings is 1. The zero-order valence-electron chi connectivity index (χ0n) is 21.7. The Morgan fingerprint density at radius 2 is 1.74 bits per heavy atom. The number of hydrogen-bond donors (Lipinski definition) is 2. The molecule has 0 aliphatic carbocycles. The Labute approximate surface area is 218 Å². The van der Waals surface area contributed by atoms with Crippen molar-refractivity contribution in [3.63, 3.8) is 0 Å². The van der Waals surface area contributed by atoms with E-state index in [1.807, 2.05) is 20.8 Å². The number of likely N-dealkylation sites (N-methyl/N-ethyl adjacent to an activating group) is 1. The van der Waals surface area contributed by atoms with Crippen LogP contribution in [0.25, 0.3) is 11.4 Å². The van der Waals surface area contributed by atoms with E-state index in [0.717, 1.165) is 11.6 Å². The van der Waals surface area contributed by atoms with Crippen LogP contribution in [0.2, 0.25) is 0 Å². The van der Waals surface area contributed by atoms with Crippen LogP contribution in [0.5, 0.6) is 0 Å². The summed E-state index contributed by atoms with van der Waals surface area (Å²) in [6.45, 7) is 7.19. The highest BCUT2D eigenvalue weighted by Crippen LogP contribution is 2.30. The molecule has 1 aliphatic rings. The maximum atomic E-state index is 14.8. The molecular weight excluding hydrogens is 499 g/mol. The third-order valence-electron chi connectivity index (χ3n) is 6.44. The van der Waals surface area contributed by atoms with Gasteiger partial charge in [-0.2, -0.15) is 0 Å². The Morgan fingerprint density at radius 3 is 2.39 bits per heavy atom. The third kappa shape index (κ3) is 5.69. The van der Waals surface area contributed by atoms with Gasteiger partial charge < -0.3 is 15.2 Å². The van der Waals surface area contributed by atoms with Gasteiger partial charge in [-0.1, -0.05) is 20.8 Å². The van der Waals surface area contributed by atoms with Gasteiger partial charge in [-0.05, 0) is 17.9 Å². The number of aromatic nitrogens is 4. The van der Waals surface area contributed by atoms with Crippen LogP contribution in [0.1, 0.15) is 48.9 Å². The minimum atomic E-state index is -1.32. The molecule has 0 saturated heterocycles. The maximum absolute atomic E-state index is 14.8. The van der Waals surface area contributed by atoms with E-state index >= 15 is 0 Å². The van der Waals surface area contributed by atoms with Crippen molar-refractivity contribution in [2.75, 3.05) is 13.6 Å². The molecule has 12 heteroatoms. The molecule has 1 aliphatic heterocycles. The second-order valence-corrected chi connectivity index (χ2v) is 10.3. The molecule has 3 aromatic rings. The van der Waals surface area contributed by atoms with Gasteiger partial charge in [0.25, 0.3) is 5.91 Å². The smallest absolute Gasteiger partial charge is 0.272 e. The summed E-state index contributed by atoms with van der Waals surface area (Å²) in [6, 6.07) is 0.323. The number of hydrogen-bond acceptors (Lipinski definition) is 6. The summed E-state index contributed by atoms with van der Waals surface area (Å²) in [5.74, 6) is -4.54. The van der Waals surface area contributed by atoms with Crippen molar-refractivity contribution >= 4 is 11.8 Å². The minimum absolute atomic E-state index is 0.0127. The van der Waals surface area contributed by atoms with E-state index in [9.17, 15) is 22.8 Å². The Kier molecular flexibility index (Phi) is 7.81. The molecule has 4 rings (SSSR count). The highest BCUT2D eigenvalue weighted by atomic mass is 19.2. The Hall–Kier alpha value is -3.80. The number of nitrogens with zero attached hydrogens (tertiary/aromatic N) is 5. The van der Waals surface area contributed by atoms with Crippen LogP contribution < -0.4 is 10.6 Å². The lowest BCUT2D eigenvalue weighted by atomic mass is 9.86. The van der Waals surface area contributed by atoms with E-state index in [2.05, 4.69) is 30.5 Å². The van der Waals surface area contributed by atoms with E-state index in [4.69, 9.17) is 0 Å². The second kappa shape index (κ2) is 10.9. The third-order valence-corrected chi connectivity index (χ3v) is 6.44. The van der Waals surface area contributed by atoms with Crippen molar-refractivity contribution in [1.29, 1.82) is 0 Å². The Balaban J connectivity index is 1.79. The number of rotatable bonds is 6. The van der Waals surface area contributed by atoms with Gasteiger partial charge in [0.2, 0.25) is 5.91 Å². The lowest BCUT2D eigenvalue weighted by molar-refractivity contribution is -0.124. The summed E-state index contributed by atoms with van der Waals surface area (Å²) in [7, 11) is 1.48. The second-order valence-electron chi connectivity index (χ2n) is 10.3. The number of imidazole rings is 1. The monoisotopic (exact) mass is 529 g/mol. The summed E-state index contributed by atoms with van der Waals surface area (Å²) in [5, 5.41) is 5.32. The molecule has 38 heavy (non-hydrogen) atoms. The normalized spacial score (nSPS) is 14.9. The van der Waals surface area contributed by atoms with Crippen LogP contribution in [0.3, 0.4) is 0 Å². The predicted molar refractivity (Wildman–Crippen MR) is 133 cm³/mol. The van der Waals surface area contributed by atoms with Gasteiger partial charge in [-0.25, -0.2) is 28.1 Å². The van der Waals surface area contributed by atoms with Crippen molar-refractivity contribution < 1.29 is 22.8 Å². The minimum Gasteiger partial charge on any atom is -0.357 e. The molecule has 2 amide bonds. The van der Waals surface area contributed by atoms with E-state index in [1.54, 1.807) is 17.0 Å². The molecule has 202 valence electrons. The Morgan fingerprint density at radius 1 is 1.05 bits per heavy atom. The van der Waals surface area contributed by atoms with Gasteiger partial charge in [0, 0.05) is 57.3 Å². The number of carbonyl (C=O) groups is 2.